The maximum atomic E-state index is 5.67. The van der Waals surface area contributed by atoms with E-state index in [4.69, 9.17) is 5.84 Å². The van der Waals surface area contributed by atoms with Crippen LogP contribution in [-0.4, -0.2) is 4.98 Å². The molecule has 0 aliphatic heterocycles. The summed E-state index contributed by atoms with van der Waals surface area (Å²) in [5, 5.41) is 0. The zero-order valence-electron chi connectivity index (χ0n) is 8.98. The van der Waals surface area contributed by atoms with Crippen LogP contribution < -0.4 is 11.3 Å². The van der Waals surface area contributed by atoms with Crippen LogP contribution in [0.3, 0.4) is 0 Å². The van der Waals surface area contributed by atoms with Crippen LogP contribution in [0.1, 0.15) is 49.4 Å². The highest BCUT2D eigenvalue weighted by Gasteiger charge is 2.24. The molecule has 1 saturated carbocycles. The molecule has 15 heavy (non-hydrogen) atoms. The molecule has 1 fully saturated rings. The van der Waals surface area contributed by atoms with E-state index in [1.165, 1.54) is 43.4 Å². The lowest BCUT2D eigenvalue weighted by atomic mass is 9.91. The molecule has 1 atom stereocenters. The summed E-state index contributed by atoms with van der Waals surface area (Å²) in [6.45, 7) is 0. The fourth-order valence-corrected chi connectivity index (χ4v) is 3.25. The Morgan fingerprint density at radius 1 is 1.33 bits per heavy atom. The van der Waals surface area contributed by atoms with E-state index in [9.17, 15) is 0 Å². The summed E-state index contributed by atoms with van der Waals surface area (Å²) in [5.74, 6) is 6.37. The van der Waals surface area contributed by atoms with Crippen LogP contribution in [0.15, 0.2) is 11.7 Å². The molecule has 1 unspecified atom stereocenters. The van der Waals surface area contributed by atoms with Gasteiger partial charge in [-0.25, -0.2) is 0 Å². The van der Waals surface area contributed by atoms with Crippen molar-refractivity contribution in [2.24, 2.45) is 11.8 Å². The molecule has 0 aromatic carbocycles. The van der Waals surface area contributed by atoms with Crippen LogP contribution in [0.25, 0.3) is 0 Å². The first-order valence-electron chi connectivity index (χ1n) is 5.76. The zero-order chi connectivity index (χ0) is 10.5. The average Bonchev–Trinajstić information content (AvgIpc) is 2.63. The van der Waals surface area contributed by atoms with E-state index in [0.29, 0.717) is 12.0 Å². The van der Waals surface area contributed by atoms with Gasteiger partial charge in [-0.2, -0.15) is 0 Å². The molecule has 1 aliphatic carbocycles. The average molecular weight is 225 g/mol. The third-order valence-corrected chi connectivity index (χ3v) is 4.17. The Hall–Kier alpha value is -0.450. The first kappa shape index (κ1) is 11.0. The van der Waals surface area contributed by atoms with Crippen molar-refractivity contribution in [3.63, 3.8) is 0 Å². The van der Waals surface area contributed by atoms with Crippen molar-refractivity contribution in [2.45, 2.75) is 44.6 Å². The topological polar surface area (TPSA) is 50.9 Å². The number of nitrogens with zero attached hydrogens (tertiary/aromatic N) is 1. The Morgan fingerprint density at radius 3 is 2.60 bits per heavy atom. The van der Waals surface area contributed by atoms with Gasteiger partial charge >= 0.3 is 0 Å². The quantitative estimate of drug-likeness (QED) is 0.472. The third-order valence-electron chi connectivity index (χ3n) is 3.31. The number of hydrogen-bond donors (Lipinski definition) is 2. The number of hydrogen-bond acceptors (Lipinski definition) is 4. The third kappa shape index (κ3) is 2.77. The predicted molar refractivity (Wildman–Crippen MR) is 63.4 cm³/mol. The minimum atomic E-state index is 0.315. The van der Waals surface area contributed by atoms with Gasteiger partial charge in [0.1, 0.15) is 0 Å². The van der Waals surface area contributed by atoms with Crippen LogP contribution in [0, 0.1) is 5.92 Å². The number of nitrogens with one attached hydrogen (secondary N) is 1. The maximum Gasteiger partial charge on any atom is 0.0794 e. The van der Waals surface area contributed by atoms with Crippen molar-refractivity contribution < 1.29 is 0 Å². The summed E-state index contributed by atoms with van der Waals surface area (Å²) in [6, 6.07) is 0.315. The van der Waals surface area contributed by atoms with Crippen LogP contribution in [0.2, 0.25) is 0 Å². The normalized spacial score (nSPS) is 21.1. The largest absolute Gasteiger partial charge is 0.271 e. The molecule has 84 valence electrons. The van der Waals surface area contributed by atoms with E-state index in [0.717, 1.165) is 0 Å². The van der Waals surface area contributed by atoms with Gasteiger partial charge in [0.15, 0.2) is 0 Å². The van der Waals surface area contributed by atoms with Gasteiger partial charge in [-0.05, 0) is 18.8 Å². The van der Waals surface area contributed by atoms with Crippen molar-refractivity contribution in [3.8, 4) is 0 Å². The van der Waals surface area contributed by atoms with Crippen molar-refractivity contribution in [1.29, 1.82) is 0 Å². The number of nitrogens with two attached hydrogens (primary N) is 1. The standard InChI is InChI=1S/C11H19N3S/c12-14-11(10-7-13-8-15-10)9-5-3-1-2-4-6-9/h7-9,11,14H,1-6,12H2. The van der Waals surface area contributed by atoms with Crippen molar-refractivity contribution in [1.82, 2.24) is 10.4 Å². The van der Waals surface area contributed by atoms with E-state index in [1.807, 2.05) is 11.7 Å². The van der Waals surface area contributed by atoms with Gasteiger partial charge < -0.3 is 0 Å². The van der Waals surface area contributed by atoms with Gasteiger partial charge in [-0.1, -0.05) is 25.7 Å². The van der Waals surface area contributed by atoms with Crippen molar-refractivity contribution >= 4 is 11.3 Å². The van der Waals surface area contributed by atoms with Crippen molar-refractivity contribution in [2.75, 3.05) is 0 Å². The Morgan fingerprint density at radius 2 is 2.07 bits per heavy atom. The first-order chi connectivity index (χ1) is 7.42. The maximum absolute atomic E-state index is 5.67. The molecule has 0 radical (unpaired) electrons. The second kappa shape index (κ2) is 5.58. The van der Waals surface area contributed by atoms with Gasteiger partial charge in [0, 0.05) is 11.1 Å². The fraction of sp³-hybridized carbons (Fsp3) is 0.727. The Labute approximate surface area is 95.1 Å². The molecule has 1 aromatic heterocycles. The van der Waals surface area contributed by atoms with Crippen LogP contribution in [-0.2, 0) is 0 Å². The lowest BCUT2D eigenvalue weighted by molar-refractivity contribution is 0.333. The summed E-state index contributed by atoms with van der Waals surface area (Å²) in [4.78, 5) is 5.41. The molecule has 0 amide bonds. The summed E-state index contributed by atoms with van der Waals surface area (Å²) < 4.78 is 0. The number of rotatable bonds is 3. The summed E-state index contributed by atoms with van der Waals surface area (Å²) in [5.41, 5.74) is 4.86. The molecular weight excluding hydrogens is 206 g/mol. The second-order valence-electron chi connectivity index (χ2n) is 4.30. The van der Waals surface area contributed by atoms with Crippen molar-refractivity contribution in [3.05, 3.63) is 16.6 Å². The molecule has 0 bridgehead atoms. The Balaban J connectivity index is 2.04. The van der Waals surface area contributed by atoms with Crippen LogP contribution in [0.4, 0.5) is 0 Å². The Kier molecular flexibility index (Phi) is 4.11. The van der Waals surface area contributed by atoms with E-state index in [-0.39, 0.29) is 0 Å². The molecule has 0 spiro atoms. The summed E-state index contributed by atoms with van der Waals surface area (Å²) >= 11 is 1.70. The molecule has 1 aromatic rings. The van der Waals surface area contributed by atoms with Crippen LogP contribution >= 0.6 is 11.3 Å². The molecule has 4 heteroatoms. The van der Waals surface area contributed by atoms with E-state index >= 15 is 0 Å². The van der Waals surface area contributed by atoms with Crippen LogP contribution in [0.5, 0.6) is 0 Å². The molecular formula is C11H19N3S. The second-order valence-corrected chi connectivity index (χ2v) is 5.22. The highest BCUT2D eigenvalue weighted by molar-refractivity contribution is 7.09. The molecule has 1 heterocycles. The van der Waals surface area contributed by atoms with Gasteiger partial charge in [0.05, 0.1) is 11.6 Å². The minimum absolute atomic E-state index is 0.315. The number of thiazole rings is 1. The molecule has 3 N–H and O–H groups in total. The van der Waals surface area contributed by atoms with Gasteiger partial charge in [0.25, 0.3) is 0 Å². The Bertz CT molecular complexity index is 265. The smallest absolute Gasteiger partial charge is 0.0794 e. The molecule has 2 rings (SSSR count). The zero-order valence-corrected chi connectivity index (χ0v) is 9.80. The number of hydrazine groups is 1. The van der Waals surface area contributed by atoms with Gasteiger partial charge in [0.2, 0.25) is 0 Å². The SMILES string of the molecule is NNC(c1cncs1)C1CCCCCC1. The minimum Gasteiger partial charge on any atom is -0.271 e. The predicted octanol–water partition coefficient (Wildman–Crippen LogP) is 2.62. The fourth-order valence-electron chi connectivity index (χ4n) is 2.47. The van der Waals surface area contributed by atoms with E-state index < -0.39 is 0 Å². The lowest BCUT2D eigenvalue weighted by Gasteiger charge is -2.23. The first-order valence-corrected chi connectivity index (χ1v) is 6.64. The van der Waals surface area contributed by atoms with E-state index in [2.05, 4.69) is 10.4 Å². The van der Waals surface area contributed by atoms with Gasteiger partial charge in [-0.3, -0.25) is 16.3 Å². The molecule has 0 saturated heterocycles. The molecule has 1 aliphatic rings. The molecule has 3 nitrogen and oxygen atoms in total. The monoisotopic (exact) mass is 225 g/mol. The highest BCUT2D eigenvalue weighted by atomic mass is 32.1. The van der Waals surface area contributed by atoms with E-state index in [1.54, 1.807) is 11.3 Å². The summed E-state index contributed by atoms with van der Waals surface area (Å²) in [7, 11) is 0. The van der Waals surface area contributed by atoms with Gasteiger partial charge in [-0.15, -0.1) is 11.3 Å². The summed E-state index contributed by atoms with van der Waals surface area (Å²) in [6.07, 6.45) is 10.0. The highest BCUT2D eigenvalue weighted by Crippen LogP contribution is 2.34. The lowest BCUT2D eigenvalue weighted by Crippen LogP contribution is -2.33. The number of aromatic nitrogens is 1.